The number of hydrogen-bond acceptors (Lipinski definition) is 3. The van der Waals surface area contributed by atoms with Crippen LogP contribution < -0.4 is 14.8 Å². The van der Waals surface area contributed by atoms with E-state index in [1.54, 1.807) is 0 Å². The molecule has 0 atom stereocenters. The predicted octanol–water partition coefficient (Wildman–Crippen LogP) is 2.78. The molecule has 2 rings (SSSR count). The normalized spacial score (nSPS) is 13.4. The fourth-order valence-corrected chi connectivity index (χ4v) is 1.49. The minimum Gasteiger partial charge on any atom is -0.486 e. The van der Waals surface area contributed by atoms with Crippen LogP contribution >= 0.6 is 15.9 Å². The number of nitrogens with one attached hydrogen (secondary N) is 1. The molecule has 1 N–H and O–H groups in total. The van der Waals surface area contributed by atoms with E-state index in [1.165, 1.54) is 0 Å². The van der Waals surface area contributed by atoms with Gasteiger partial charge < -0.3 is 14.8 Å². The van der Waals surface area contributed by atoms with Crippen molar-refractivity contribution in [2.45, 2.75) is 0 Å². The molecule has 0 saturated heterocycles. The van der Waals surface area contributed by atoms with Gasteiger partial charge in [0, 0.05) is 22.8 Å². The van der Waals surface area contributed by atoms with E-state index >= 15 is 0 Å². The molecule has 1 aromatic carbocycles. The summed E-state index contributed by atoms with van der Waals surface area (Å²) < 4.78 is 11.8. The Balaban J connectivity index is 2.10. The maximum atomic E-state index is 5.47. The molecule has 1 aliphatic rings. The number of hydrogen-bond donors (Lipinski definition) is 1. The Kier molecular flexibility index (Phi) is 3.16. The lowest BCUT2D eigenvalue weighted by Gasteiger charge is -2.19. The second-order valence-electron chi connectivity index (χ2n) is 3.23. The van der Waals surface area contributed by atoms with Gasteiger partial charge in [0.2, 0.25) is 0 Å². The first kappa shape index (κ1) is 10.4. The van der Waals surface area contributed by atoms with E-state index in [1.807, 2.05) is 18.2 Å². The second kappa shape index (κ2) is 4.57. The summed E-state index contributed by atoms with van der Waals surface area (Å²) in [5.41, 5.74) is 1.000. The van der Waals surface area contributed by atoms with Crippen molar-refractivity contribution in [3.63, 3.8) is 0 Å². The second-order valence-corrected chi connectivity index (χ2v) is 4.35. The van der Waals surface area contributed by atoms with Crippen LogP contribution in [0.2, 0.25) is 0 Å². The van der Waals surface area contributed by atoms with Crippen molar-refractivity contribution < 1.29 is 9.47 Å². The third kappa shape index (κ3) is 2.65. The molecule has 0 amide bonds. The fraction of sp³-hybridized carbons (Fsp3) is 0.273. The topological polar surface area (TPSA) is 30.5 Å². The average molecular weight is 270 g/mol. The standard InChI is InChI=1S/C11H12BrNO2/c1-8(12)7-13-9-2-3-10-11(6-9)15-5-4-14-10/h2-3,6,13H,1,4-5,7H2. The highest BCUT2D eigenvalue weighted by atomic mass is 79.9. The van der Waals surface area contributed by atoms with Crippen molar-refractivity contribution >= 4 is 21.6 Å². The lowest BCUT2D eigenvalue weighted by molar-refractivity contribution is 0.171. The highest BCUT2D eigenvalue weighted by Crippen LogP contribution is 2.32. The van der Waals surface area contributed by atoms with Gasteiger partial charge in [-0.1, -0.05) is 22.5 Å². The highest BCUT2D eigenvalue weighted by Gasteiger charge is 2.11. The van der Waals surface area contributed by atoms with Crippen LogP contribution in [0.3, 0.4) is 0 Å². The van der Waals surface area contributed by atoms with Gasteiger partial charge in [0.1, 0.15) is 13.2 Å². The number of anilines is 1. The number of halogens is 1. The largest absolute Gasteiger partial charge is 0.486 e. The van der Waals surface area contributed by atoms with Crippen LogP contribution in [0.4, 0.5) is 5.69 Å². The maximum absolute atomic E-state index is 5.47. The molecular weight excluding hydrogens is 258 g/mol. The van der Waals surface area contributed by atoms with Gasteiger partial charge in [-0.05, 0) is 12.1 Å². The van der Waals surface area contributed by atoms with Crippen LogP contribution in [0, 0.1) is 0 Å². The maximum Gasteiger partial charge on any atom is 0.163 e. The fourth-order valence-electron chi connectivity index (χ4n) is 1.35. The highest BCUT2D eigenvalue weighted by molar-refractivity contribution is 9.11. The summed E-state index contributed by atoms with van der Waals surface area (Å²) in [5, 5.41) is 3.21. The third-order valence-electron chi connectivity index (χ3n) is 2.03. The first-order valence-corrected chi connectivity index (χ1v) is 5.52. The first-order chi connectivity index (χ1) is 7.25. The summed E-state index contributed by atoms with van der Waals surface area (Å²) in [6, 6.07) is 5.81. The molecule has 0 unspecified atom stereocenters. The number of rotatable bonds is 3. The van der Waals surface area contributed by atoms with Gasteiger partial charge in [0.25, 0.3) is 0 Å². The Morgan fingerprint density at radius 1 is 1.33 bits per heavy atom. The molecule has 0 spiro atoms. The smallest absolute Gasteiger partial charge is 0.163 e. The Bertz CT molecular complexity index is 379. The van der Waals surface area contributed by atoms with Crippen molar-refractivity contribution in [1.29, 1.82) is 0 Å². The zero-order valence-electron chi connectivity index (χ0n) is 8.25. The quantitative estimate of drug-likeness (QED) is 0.916. The van der Waals surface area contributed by atoms with E-state index in [0.29, 0.717) is 19.8 Å². The molecule has 1 aromatic rings. The van der Waals surface area contributed by atoms with Gasteiger partial charge in [-0.3, -0.25) is 0 Å². The number of fused-ring (bicyclic) bond motifs is 1. The summed E-state index contributed by atoms with van der Waals surface area (Å²) in [5.74, 6) is 1.61. The van der Waals surface area contributed by atoms with Crippen LogP contribution in [-0.4, -0.2) is 19.8 Å². The number of benzene rings is 1. The van der Waals surface area contributed by atoms with Crippen molar-refractivity contribution in [2.24, 2.45) is 0 Å². The number of ether oxygens (including phenoxy) is 2. The molecule has 0 saturated carbocycles. The van der Waals surface area contributed by atoms with Gasteiger partial charge in [0.05, 0.1) is 0 Å². The Morgan fingerprint density at radius 2 is 2.07 bits per heavy atom. The van der Waals surface area contributed by atoms with Crippen molar-refractivity contribution in [1.82, 2.24) is 0 Å². The van der Waals surface area contributed by atoms with E-state index in [-0.39, 0.29) is 0 Å². The molecular formula is C11H12BrNO2. The molecule has 4 heteroatoms. The van der Waals surface area contributed by atoms with Crippen LogP contribution in [-0.2, 0) is 0 Å². The molecule has 0 aromatic heterocycles. The van der Waals surface area contributed by atoms with Crippen molar-refractivity contribution in [2.75, 3.05) is 25.1 Å². The summed E-state index contributed by atoms with van der Waals surface area (Å²) in [4.78, 5) is 0. The summed E-state index contributed by atoms with van der Waals surface area (Å²) in [6.07, 6.45) is 0. The van der Waals surface area contributed by atoms with Crippen LogP contribution in [0.1, 0.15) is 0 Å². The van der Waals surface area contributed by atoms with Crippen molar-refractivity contribution in [3.05, 3.63) is 29.3 Å². The molecule has 80 valence electrons. The molecule has 1 heterocycles. The monoisotopic (exact) mass is 269 g/mol. The van der Waals surface area contributed by atoms with E-state index in [9.17, 15) is 0 Å². The molecule has 3 nitrogen and oxygen atoms in total. The molecule has 0 radical (unpaired) electrons. The molecule has 1 aliphatic heterocycles. The van der Waals surface area contributed by atoms with Gasteiger partial charge in [-0.15, -0.1) is 0 Å². The Labute approximate surface area is 97.2 Å². The van der Waals surface area contributed by atoms with Crippen LogP contribution in [0.5, 0.6) is 11.5 Å². The average Bonchev–Trinajstić information content (AvgIpc) is 2.26. The summed E-state index contributed by atoms with van der Waals surface area (Å²) in [7, 11) is 0. The van der Waals surface area contributed by atoms with Gasteiger partial charge in [-0.2, -0.15) is 0 Å². The van der Waals surface area contributed by atoms with Crippen molar-refractivity contribution in [3.8, 4) is 11.5 Å². The molecule has 15 heavy (non-hydrogen) atoms. The minimum absolute atomic E-state index is 0.613. The zero-order valence-corrected chi connectivity index (χ0v) is 9.84. The lowest BCUT2D eigenvalue weighted by atomic mass is 10.2. The Morgan fingerprint density at radius 3 is 2.80 bits per heavy atom. The SMILES string of the molecule is C=C(Br)CNc1ccc2c(c1)OCCO2. The van der Waals surface area contributed by atoms with E-state index in [4.69, 9.17) is 9.47 Å². The van der Waals surface area contributed by atoms with E-state index in [0.717, 1.165) is 21.7 Å². The minimum atomic E-state index is 0.613. The van der Waals surface area contributed by atoms with E-state index in [2.05, 4.69) is 27.8 Å². The van der Waals surface area contributed by atoms with Crippen LogP contribution in [0.25, 0.3) is 0 Å². The zero-order chi connectivity index (χ0) is 10.7. The molecule has 0 fully saturated rings. The third-order valence-corrected chi connectivity index (χ3v) is 2.31. The predicted molar refractivity (Wildman–Crippen MR) is 64.0 cm³/mol. The Hall–Kier alpha value is -1.16. The lowest BCUT2D eigenvalue weighted by Crippen LogP contribution is -2.15. The van der Waals surface area contributed by atoms with Crippen LogP contribution in [0.15, 0.2) is 29.3 Å². The van der Waals surface area contributed by atoms with E-state index < -0.39 is 0 Å². The summed E-state index contributed by atoms with van der Waals surface area (Å²) in [6.45, 7) is 5.69. The van der Waals surface area contributed by atoms with Gasteiger partial charge >= 0.3 is 0 Å². The molecule has 0 aliphatic carbocycles. The molecule has 0 bridgehead atoms. The van der Waals surface area contributed by atoms with Gasteiger partial charge in [0.15, 0.2) is 11.5 Å². The summed E-state index contributed by atoms with van der Waals surface area (Å²) >= 11 is 3.29. The van der Waals surface area contributed by atoms with Gasteiger partial charge in [-0.25, -0.2) is 0 Å². The first-order valence-electron chi connectivity index (χ1n) is 4.72.